The molecule has 0 unspecified atom stereocenters. The third-order valence-corrected chi connectivity index (χ3v) is 5.37. The van der Waals surface area contributed by atoms with Gasteiger partial charge in [-0.25, -0.2) is 0 Å². The van der Waals surface area contributed by atoms with Gasteiger partial charge in [-0.05, 0) is 55.0 Å². The molecular weight excluding hydrogens is 430 g/mol. The van der Waals surface area contributed by atoms with Crippen LogP contribution in [-0.2, 0) is 0 Å². The van der Waals surface area contributed by atoms with E-state index in [-0.39, 0.29) is 11.8 Å². The first-order valence-corrected chi connectivity index (χ1v) is 11.2. The Morgan fingerprint density at radius 3 is 2.44 bits per heavy atom. The van der Waals surface area contributed by atoms with Gasteiger partial charge in [0.15, 0.2) is 5.76 Å². The fraction of sp³-hybridized carbons (Fsp3) is 0.185. The van der Waals surface area contributed by atoms with E-state index in [0.717, 1.165) is 11.8 Å². The Morgan fingerprint density at radius 2 is 1.71 bits per heavy atom. The highest BCUT2D eigenvalue weighted by Gasteiger charge is 2.19. The number of fused-ring (bicyclic) bond motifs is 1. The fourth-order valence-corrected chi connectivity index (χ4v) is 3.61. The van der Waals surface area contributed by atoms with Crippen molar-refractivity contribution in [2.45, 2.75) is 13.3 Å². The van der Waals surface area contributed by atoms with Gasteiger partial charge in [-0.1, -0.05) is 37.3 Å². The second kappa shape index (κ2) is 10.6. The van der Waals surface area contributed by atoms with E-state index in [4.69, 9.17) is 14.9 Å². The summed E-state index contributed by atoms with van der Waals surface area (Å²) in [5.74, 6) is 0.524. The number of ether oxygens (including phenoxy) is 1. The zero-order valence-electron chi connectivity index (χ0n) is 19.0. The second-order valence-electron chi connectivity index (χ2n) is 7.85. The molecule has 0 radical (unpaired) electrons. The molecule has 0 atom stereocenters. The van der Waals surface area contributed by atoms with Crippen LogP contribution in [0.4, 0.5) is 11.4 Å². The van der Waals surface area contributed by atoms with Crippen molar-refractivity contribution in [3.8, 4) is 5.75 Å². The standard InChI is InChI=1S/C27H27N3O4/c1-2-15-30(27(32)25-18-20-7-3-6-10-24(20)34-25)16-17-33-21-13-11-19(12-14-21)26(31)29-23-9-5-4-8-22(23)28/h3-14,18H,2,15-17,28H2,1H3,(H,29,31). The van der Waals surface area contributed by atoms with E-state index in [9.17, 15) is 9.59 Å². The Labute approximate surface area is 198 Å². The predicted octanol–water partition coefficient (Wildman–Crippen LogP) is 5.20. The number of anilines is 2. The van der Waals surface area contributed by atoms with Crippen LogP contribution in [0.15, 0.2) is 83.3 Å². The van der Waals surface area contributed by atoms with Gasteiger partial charge in [0.05, 0.1) is 17.9 Å². The summed E-state index contributed by atoms with van der Waals surface area (Å²) in [6, 6.07) is 23.3. The Balaban J connectivity index is 1.33. The SMILES string of the molecule is CCCN(CCOc1ccc(C(=O)Nc2ccccc2N)cc1)C(=O)c1cc2ccccc2o1. The number of rotatable bonds is 9. The predicted molar refractivity (Wildman–Crippen MR) is 133 cm³/mol. The highest BCUT2D eigenvalue weighted by Crippen LogP contribution is 2.21. The van der Waals surface area contributed by atoms with Crippen LogP contribution in [0.25, 0.3) is 11.0 Å². The smallest absolute Gasteiger partial charge is 0.289 e. The minimum Gasteiger partial charge on any atom is -0.492 e. The summed E-state index contributed by atoms with van der Waals surface area (Å²) in [7, 11) is 0. The number of carbonyl (C=O) groups excluding carboxylic acids is 2. The fourth-order valence-electron chi connectivity index (χ4n) is 3.61. The molecule has 0 aliphatic rings. The number of carbonyl (C=O) groups is 2. The summed E-state index contributed by atoms with van der Waals surface area (Å²) in [5.41, 5.74) is 8.13. The van der Waals surface area contributed by atoms with Gasteiger partial charge in [-0.2, -0.15) is 0 Å². The van der Waals surface area contributed by atoms with Gasteiger partial charge < -0.3 is 25.1 Å². The molecule has 1 heterocycles. The van der Waals surface area contributed by atoms with Crippen LogP contribution in [0.2, 0.25) is 0 Å². The third-order valence-electron chi connectivity index (χ3n) is 5.37. The average molecular weight is 458 g/mol. The summed E-state index contributed by atoms with van der Waals surface area (Å²) in [4.78, 5) is 27.2. The van der Waals surface area contributed by atoms with Gasteiger partial charge in [-0.3, -0.25) is 9.59 Å². The minimum atomic E-state index is -0.255. The van der Waals surface area contributed by atoms with Crippen molar-refractivity contribution in [3.05, 3.63) is 90.2 Å². The molecule has 7 heteroatoms. The van der Waals surface area contributed by atoms with Gasteiger partial charge in [0, 0.05) is 17.5 Å². The number of furan rings is 1. The van der Waals surface area contributed by atoms with E-state index < -0.39 is 0 Å². The van der Waals surface area contributed by atoms with Gasteiger partial charge in [0.1, 0.15) is 17.9 Å². The van der Waals surface area contributed by atoms with E-state index in [0.29, 0.717) is 53.7 Å². The molecule has 174 valence electrons. The van der Waals surface area contributed by atoms with Gasteiger partial charge in [0.25, 0.3) is 11.8 Å². The quantitative estimate of drug-likeness (QED) is 0.337. The molecule has 2 amide bonds. The van der Waals surface area contributed by atoms with Crippen LogP contribution < -0.4 is 15.8 Å². The van der Waals surface area contributed by atoms with Crippen molar-refractivity contribution in [1.29, 1.82) is 0 Å². The van der Waals surface area contributed by atoms with Crippen LogP contribution in [0.3, 0.4) is 0 Å². The molecule has 3 aromatic carbocycles. The zero-order valence-corrected chi connectivity index (χ0v) is 19.0. The summed E-state index contributed by atoms with van der Waals surface area (Å²) >= 11 is 0. The summed E-state index contributed by atoms with van der Waals surface area (Å²) in [6.45, 7) is 3.35. The number of amides is 2. The molecule has 0 fully saturated rings. The molecule has 0 aliphatic heterocycles. The lowest BCUT2D eigenvalue weighted by Gasteiger charge is -2.21. The van der Waals surface area contributed by atoms with Gasteiger partial charge in [0.2, 0.25) is 0 Å². The maximum atomic E-state index is 13.0. The molecule has 0 saturated carbocycles. The average Bonchev–Trinajstić information content (AvgIpc) is 3.29. The molecule has 4 rings (SSSR count). The van der Waals surface area contributed by atoms with Crippen molar-refractivity contribution in [3.63, 3.8) is 0 Å². The first-order chi connectivity index (χ1) is 16.5. The number of benzene rings is 3. The molecule has 0 saturated heterocycles. The number of nitrogens with two attached hydrogens (primary N) is 1. The number of para-hydroxylation sites is 3. The zero-order chi connectivity index (χ0) is 23.9. The lowest BCUT2D eigenvalue weighted by Crippen LogP contribution is -2.35. The molecule has 34 heavy (non-hydrogen) atoms. The molecule has 7 nitrogen and oxygen atoms in total. The van der Waals surface area contributed by atoms with Crippen molar-refractivity contribution in [1.82, 2.24) is 4.90 Å². The Morgan fingerprint density at radius 1 is 0.971 bits per heavy atom. The number of nitrogens with zero attached hydrogens (tertiary/aromatic N) is 1. The highest BCUT2D eigenvalue weighted by atomic mass is 16.5. The van der Waals surface area contributed by atoms with Crippen molar-refractivity contribution in [2.75, 3.05) is 30.7 Å². The largest absolute Gasteiger partial charge is 0.492 e. The topological polar surface area (TPSA) is 97.8 Å². The molecule has 3 N–H and O–H groups in total. The van der Waals surface area contributed by atoms with E-state index in [1.807, 2.05) is 43.3 Å². The van der Waals surface area contributed by atoms with Crippen LogP contribution in [0, 0.1) is 0 Å². The monoisotopic (exact) mass is 457 g/mol. The Hall–Kier alpha value is -4.26. The Bertz CT molecular complexity index is 1250. The summed E-state index contributed by atoms with van der Waals surface area (Å²) < 4.78 is 11.6. The normalized spacial score (nSPS) is 10.7. The van der Waals surface area contributed by atoms with Crippen molar-refractivity contribution < 1.29 is 18.7 Å². The number of hydrogen-bond acceptors (Lipinski definition) is 5. The maximum Gasteiger partial charge on any atom is 0.289 e. The van der Waals surface area contributed by atoms with Crippen LogP contribution in [0.1, 0.15) is 34.3 Å². The maximum absolute atomic E-state index is 13.0. The summed E-state index contributed by atoms with van der Waals surface area (Å²) in [6.07, 6.45) is 0.821. The number of nitrogen functional groups attached to an aromatic ring is 1. The van der Waals surface area contributed by atoms with Gasteiger partial charge >= 0.3 is 0 Å². The van der Waals surface area contributed by atoms with E-state index in [1.165, 1.54) is 0 Å². The summed E-state index contributed by atoms with van der Waals surface area (Å²) in [5, 5.41) is 3.70. The third kappa shape index (κ3) is 5.38. The second-order valence-corrected chi connectivity index (χ2v) is 7.85. The van der Waals surface area contributed by atoms with E-state index in [2.05, 4.69) is 5.32 Å². The lowest BCUT2D eigenvalue weighted by molar-refractivity contribution is 0.0700. The van der Waals surface area contributed by atoms with Crippen LogP contribution in [-0.4, -0.2) is 36.4 Å². The molecular formula is C27H27N3O4. The first kappa shape index (κ1) is 22.9. The molecule has 1 aromatic heterocycles. The van der Waals surface area contributed by atoms with Crippen molar-refractivity contribution >= 4 is 34.2 Å². The molecule has 0 spiro atoms. The van der Waals surface area contributed by atoms with E-state index >= 15 is 0 Å². The Kier molecular flexibility index (Phi) is 7.13. The van der Waals surface area contributed by atoms with Crippen molar-refractivity contribution in [2.24, 2.45) is 0 Å². The van der Waals surface area contributed by atoms with Crippen LogP contribution in [0.5, 0.6) is 5.75 Å². The lowest BCUT2D eigenvalue weighted by atomic mass is 10.2. The number of nitrogens with one attached hydrogen (secondary N) is 1. The number of hydrogen-bond donors (Lipinski definition) is 2. The highest BCUT2D eigenvalue weighted by molar-refractivity contribution is 6.05. The van der Waals surface area contributed by atoms with Crippen LogP contribution >= 0.6 is 0 Å². The van der Waals surface area contributed by atoms with Gasteiger partial charge in [-0.15, -0.1) is 0 Å². The van der Waals surface area contributed by atoms with E-state index in [1.54, 1.807) is 47.4 Å². The molecule has 0 bridgehead atoms. The molecule has 0 aliphatic carbocycles. The first-order valence-electron chi connectivity index (χ1n) is 11.2. The minimum absolute atomic E-state index is 0.158. The molecule has 4 aromatic rings.